The SMILES string of the molecule is CCc1c(S(=O)(=O)O)ccnc1-c1nc2cc(C(F)(F)F)cnc2n1CC(F)(F)F. The Morgan fingerprint density at radius 3 is 2.33 bits per heavy atom. The van der Waals surface area contributed by atoms with Crippen molar-refractivity contribution in [3.8, 4) is 11.5 Å². The van der Waals surface area contributed by atoms with Gasteiger partial charge < -0.3 is 0 Å². The van der Waals surface area contributed by atoms with Gasteiger partial charge in [-0.2, -0.15) is 34.8 Å². The molecule has 0 bridgehead atoms. The molecule has 0 aliphatic carbocycles. The zero-order valence-corrected chi connectivity index (χ0v) is 15.8. The molecule has 0 radical (unpaired) electrons. The van der Waals surface area contributed by atoms with E-state index in [0.29, 0.717) is 16.8 Å². The minimum atomic E-state index is -4.80. The molecule has 162 valence electrons. The lowest BCUT2D eigenvalue weighted by Crippen LogP contribution is -2.19. The number of hydrogen-bond donors (Lipinski definition) is 1. The van der Waals surface area contributed by atoms with Gasteiger partial charge in [0.1, 0.15) is 22.7 Å². The molecule has 30 heavy (non-hydrogen) atoms. The summed E-state index contributed by atoms with van der Waals surface area (Å²) in [5.41, 5.74) is -2.66. The van der Waals surface area contributed by atoms with Crippen LogP contribution in [0.2, 0.25) is 0 Å². The Labute approximate surface area is 165 Å². The molecule has 0 saturated carbocycles. The summed E-state index contributed by atoms with van der Waals surface area (Å²) in [6.45, 7) is -0.190. The van der Waals surface area contributed by atoms with Gasteiger partial charge in [-0.05, 0) is 18.6 Å². The molecule has 3 aromatic rings. The van der Waals surface area contributed by atoms with Crippen LogP contribution in [-0.2, 0) is 29.3 Å². The van der Waals surface area contributed by atoms with Crippen molar-refractivity contribution in [1.29, 1.82) is 0 Å². The first-order valence-corrected chi connectivity index (χ1v) is 9.62. The van der Waals surface area contributed by atoms with E-state index in [9.17, 15) is 39.3 Å². The monoisotopic (exact) mass is 454 g/mol. The van der Waals surface area contributed by atoms with Crippen molar-refractivity contribution in [3.63, 3.8) is 0 Å². The first-order valence-electron chi connectivity index (χ1n) is 8.18. The molecule has 0 unspecified atom stereocenters. The first kappa shape index (κ1) is 22.0. The van der Waals surface area contributed by atoms with Gasteiger partial charge in [0, 0.05) is 18.0 Å². The lowest BCUT2D eigenvalue weighted by atomic mass is 10.1. The number of rotatable bonds is 4. The molecule has 3 heterocycles. The number of aromatic nitrogens is 4. The summed E-state index contributed by atoms with van der Waals surface area (Å²) in [6.07, 6.45) is -8.35. The van der Waals surface area contributed by atoms with Crippen LogP contribution in [0.25, 0.3) is 22.7 Å². The summed E-state index contributed by atoms with van der Waals surface area (Å²) in [7, 11) is -4.74. The smallest absolute Gasteiger partial charge is 0.298 e. The van der Waals surface area contributed by atoms with E-state index in [2.05, 4.69) is 15.0 Å². The molecule has 0 amide bonds. The van der Waals surface area contributed by atoms with Crippen molar-refractivity contribution in [3.05, 3.63) is 35.7 Å². The van der Waals surface area contributed by atoms with Crippen molar-refractivity contribution in [1.82, 2.24) is 19.5 Å². The minimum absolute atomic E-state index is 0.0747. The highest BCUT2D eigenvalue weighted by atomic mass is 32.2. The molecule has 0 saturated heterocycles. The van der Waals surface area contributed by atoms with Crippen molar-refractivity contribution >= 4 is 21.3 Å². The molecule has 0 aliphatic heterocycles. The molecule has 0 fully saturated rings. The Morgan fingerprint density at radius 1 is 1.13 bits per heavy atom. The molecule has 7 nitrogen and oxygen atoms in total. The van der Waals surface area contributed by atoms with E-state index in [0.717, 1.165) is 12.3 Å². The third-order valence-electron chi connectivity index (χ3n) is 4.11. The summed E-state index contributed by atoms with van der Waals surface area (Å²) < 4.78 is 111. The standard InChI is InChI=1S/C16H12F6N4O3S/c1-2-9-11(30(27,28)29)3-4-23-12(9)14-25-10-5-8(16(20,21)22)6-24-13(10)26(14)7-15(17,18)19/h3-6H,2,7H2,1H3,(H,27,28,29). The lowest BCUT2D eigenvalue weighted by molar-refractivity contribution is -0.140. The first-order chi connectivity index (χ1) is 13.7. The van der Waals surface area contributed by atoms with E-state index < -0.39 is 56.5 Å². The highest BCUT2D eigenvalue weighted by Gasteiger charge is 2.35. The Kier molecular flexibility index (Phi) is 5.27. The maximum absolute atomic E-state index is 13.1. The minimum Gasteiger partial charge on any atom is -0.298 e. The van der Waals surface area contributed by atoms with Gasteiger partial charge in [-0.1, -0.05) is 6.92 Å². The number of imidazole rings is 1. The largest absolute Gasteiger partial charge is 0.417 e. The summed E-state index contributed by atoms with van der Waals surface area (Å²) in [6, 6.07) is 1.49. The fourth-order valence-electron chi connectivity index (χ4n) is 2.93. The van der Waals surface area contributed by atoms with Crippen LogP contribution in [0.4, 0.5) is 26.3 Å². The third kappa shape index (κ3) is 4.23. The van der Waals surface area contributed by atoms with E-state index in [1.807, 2.05) is 0 Å². The van der Waals surface area contributed by atoms with Crippen molar-refractivity contribution in [2.24, 2.45) is 0 Å². The Bertz CT molecular complexity index is 1220. The van der Waals surface area contributed by atoms with Gasteiger partial charge >= 0.3 is 12.4 Å². The lowest BCUT2D eigenvalue weighted by Gasteiger charge is -2.14. The molecule has 14 heteroatoms. The van der Waals surface area contributed by atoms with Gasteiger partial charge in [0.05, 0.1) is 5.56 Å². The summed E-state index contributed by atoms with van der Waals surface area (Å²) in [5.74, 6) is -0.531. The second-order valence-electron chi connectivity index (χ2n) is 6.17. The molecule has 3 rings (SSSR count). The molecule has 3 aromatic heterocycles. The van der Waals surface area contributed by atoms with Crippen molar-refractivity contribution in [2.45, 2.75) is 37.1 Å². The fourth-order valence-corrected chi connectivity index (χ4v) is 3.71. The zero-order valence-electron chi connectivity index (χ0n) is 15.0. The van der Waals surface area contributed by atoms with Crippen LogP contribution in [0.5, 0.6) is 0 Å². The second kappa shape index (κ2) is 7.19. The van der Waals surface area contributed by atoms with E-state index >= 15 is 0 Å². The van der Waals surface area contributed by atoms with Crippen LogP contribution in [-0.4, -0.2) is 38.7 Å². The maximum atomic E-state index is 13.1. The van der Waals surface area contributed by atoms with Crippen LogP contribution < -0.4 is 0 Å². The topological polar surface area (TPSA) is 98.0 Å². The number of pyridine rings is 2. The normalized spacial score (nSPS) is 13.2. The Morgan fingerprint density at radius 2 is 1.80 bits per heavy atom. The highest BCUT2D eigenvalue weighted by molar-refractivity contribution is 7.85. The third-order valence-corrected chi connectivity index (χ3v) is 5.04. The van der Waals surface area contributed by atoms with Crippen LogP contribution in [0.1, 0.15) is 18.1 Å². The van der Waals surface area contributed by atoms with Crippen LogP contribution in [0.15, 0.2) is 29.4 Å². The summed E-state index contributed by atoms with van der Waals surface area (Å²) in [4.78, 5) is 10.6. The van der Waals surface area contributed by atoms with E-state index in [1.165, 1.54) is 6.92 Å². The van der Waals surface area contributed by atoms with Crippen LogP contribution in [0, 0.1) is 0 Å². The number of nitrogens with zero attached hydrogens (tertiary/aromatic N) is 4. The van der Waals surface area contributed by atoms with Crippen molar-refractivity contribution < 1.29 is 39.3 Å². The highest BCUT2D eigenvalue weighted by Crippen LogP contribution is 2.34. The molecule has 0 atom stereocenters. The van der Waals surface area contributed by atoms with E-state index in [4.69, 9.17) is 0 Å². The number of hydrogen-bond acceptors (Lipinski definition) is 5. The predicted molar refractivity (Wildman–Crippen MR) is 91.0 cm³/mol. The number of fused-ring (bicyclic) bond motifs is 1. The average molecular weight is 454 g/mol. The van der Waals surface area contributed by atoms with E-state index in [-0.39, 0.29) is 17.7 Å². The second-order valence-corrected chi connectivity index (χ2v) is 7.56. The average Bonchev–Trinajstić information content (AvgIpc) is 2.95. The van der Waals surface area contributed by atoms with Gasteiger partial charge in [-0.25, -0.2) is 9.97 Å². The molecule has 0 aromatic carbocycles. The van der Waals surface area contributed by atoms with Gasteiger partial charge in [0.15, 0.2) is 11.5 Å². The molecule has 0 aliphatic rings. The number of alkyl halides is 6. The van der Waals surface area contributed by atoms with Gasteiger partial charge in [0.2, 0.25) is 0 Å². The Balaban J connectivity index is 2.36. The predicted octanol–water partition coefficient (Wildman–Crippen LogP) is 3.88. The summed E-state index contributed by atoms with van der Waals surface area (Å²) in [5, 5.41) is 0. The van der Waals surface area contributed by atoms with Gasteiger partial charge in [0.25, 0.3) is 10.1 Å². The van der Waals surface area contributed by atoms with Crippen molar-refractivity contribution in [2.75, 3.05) is 0 Å². The molecular formula is C16H12F6N4O3S. The van der Waals surface area contributed by atoms with Crippen LogP contribution >= 0.6 is 0 Å². The maximum Gasteiger partial charge on any atom is 0.417 e. The van der Waals surface area contributed by atoms with Crippen LogP contribution in [0.3, 0.4) is 0 Å². The Hall–Kier alpha value is -2.74. The number of halogens is 6. The quantitative estimate of drug-likeness (QED) is 0.475. The van der Waals surface area contributed by atoms with Gasteiger partial charge in [-0.15, -0.1) is 0 Å². The zero-order chi connectivity index (χ0) is 22.5. The molecule has 0 spiro atoms. The molecule has 1 N–H and O–H groups in total. The van der Waals surface area contributed by atoms with E-state index in [1.54, 1.807) is 0 Å². The van der Waals surface area contributed by atoms with Gasteiger partial charge in [-0.3, -0.25) is 14.1 Å². The fraction of sp³-hybridized carbons (Fsp3) is 0.312. The molecular weight excluding hydrogens is 442 g/mol. The summed E-state index contributed by atoms with van der Waals surface area (Å²) >= 11 is 0.